The summed E-state index contributed by atoms with van der Waals surface area (Å²) in [7, 11) is 0. The van der Waals surface area contributed by atoms with Crippen LogP contribution < -0.4 is 16.4 Å². The summed E-state index contributed by atoms with van der Waals surface area (Å²) in [4.78, 5) is 114. The minimum atomic E-state index is -1.11. The third-order valence-electron chi connectivity index (χ3n) is 14.3. The first kappa shape index (κ1) is 46.7. The second-order valence-corrected chi connectivity index (χ2v) is 20.9. The number of carbonyl (C=O) groups excluding carboxylic acids is 8. The fraction of sp³-hybridized carbons (Fsp3) is 0.702. The van der Waals surface area contributed by atoms with Crippen LogP contribution in [0.4, 0.5) is 9.59 Å². The number of nitrogens with two attached hydrogens (primary N) is 1. The maximum absolute atomic E-state index is 15.2. The predicted molar refractivity (Wildman–Crippen MR) is 230 cm³/mol. The summed E-state index contributed by atoms with van der Waals surface area (Å²) in [6.07, 6.45) is 6.28. The molecule has 4 N–H and O–H groups in total. The van der Waals surface area contributed by atoms with Crippen LogP contribution in [0.1, 0.15) is 136 Å². The number of hydrogen-bond acceptors (Lipinski definition) is 9. The molecule has 2 saturated carbocycles. The Morgan fingerprint density at radius 2 is 1.55 bits per heavy atom. The first-order chi connectivity index (χ1) is 29.1. The average molecular weight is 861 g/mol. The van der Waals surface area contributed by atoms with E-state index in [9.17, 15) is 33.6 Å². The van der Waals surface area contributed by atoms with Gasteiger partial charge in [-0.25, -0.2) is 9.59 Å². The monoisotopic (exact) mass is 861 g/mol. The van der Waals surface area contributed by atoms with Crippen molar-refractivity contribution < 1.29 is 43.1 Å². The van der Waals surface area contributed by atoms with E-state index in [1.165, 1.54) is 9.80 Å². The molecule has 1 aromatic rings. The van der Waals surface area contributed by atoms with Gasteiger partial charge in [-0.05, 0) is 59.0 Å². The number of ether oxygens (including phenoxy) is 1. The third kappa shape index (κ3) is 11.0. The predicted octanol–water partition coefficient (Wildman–Crippen LogP) is 5.20. The van der Waals surface area contributed by atoms with E-state index in [2.05, 4.69) is 10.6 Å². The zero-order chi connectivity index (χ0) is 45.1. The molecule has 1 aromatic carbocycles. The van der Waals surface area contributed by atoms with Crippen molar-refractivity contribution in [3.05, 3.63) is 35.4 Å². The van der Waals surface area contributed by atoms with Gasteiger partial charge in [-0.15, -0.1) is 0 Å². The molecule has 0 spiro atoms. The van der Waals surface area contributed by atoms with E-state index in [0.29, 0.717) is 38.8 Å². The van der Waals surface area contributed by atoms with Crippen LogP contribution in [0.25, 0.3) is 0 Å². The molecular weight excluding hydrogens is 793 g/mol. The number of ketones is 2. The number of amides is 7. The Hall–Kier alpha value is -4.82. The number of nitrogens with zero attached hydrogens (tertiary/aromatic N) is 3. The standard InChI is InChI=1S/C47H68N6O9/c1-45(2,3)36(28-53-37(55)24-46(4,5)25-38(53)56)49-43(60)50-40(47(6)18-10-7-11-19-47)42(59)52-27-33(62-44(61)51-20-17-30-15-8-9-16-31(30)26-51)23-34(52)35(54)22-32(39(57)41(48)58)21-29-13-12-14-29/h8-9,15-16,29,32-34,36,40H,7,10-14,17-28H2,1-6H3,(H2,48,58)(H2,49,50,60)/t32?,33-,34+,36-,40-/m1/s1. The number of Topliss-reactive ketones (excluding diaryl/α,β-unsaturated/α-hetero) is 2. The quantitative estimate of drug-likeness (QED) is 0.166. The Balaban J connectivity index is 1.25. The molecule has 2 aliphatic carbocycles. The summed E-state index contributed by atoms with van der Waals surface area (Å²) in [5.41, 5.74) is 5.87. The van der Waals surface area contributed by atoms with E-state index in [1.54, 1.807) is 4.90 Å². The zero-order valence-corrected chi connectivity index (χ0v) is 37.6. The minimum Gasteiger partial charge on any atom is -0.444 e. The normalized spacial score (nSPS) is 23.9. The van der Waals surface area contributed by atoms with Crippen molar-refractivity contribution in [2.24, 2.45) is 33.8 Å². The van der Waals surface area contributed by atoms with Gasteiger partial charge >= 0.3 is 12.1 Å². The Morgan fingerprint density at radius 1 is 0.903 bits per heavy atom. The average Bonchev–Trinajstić information content (AvgIpc) is 3.61. The number of likely N-dealkylation sites (tertiary alicyclic amines) is 2. The van der Waals surface area contributed by atoms with Crippen LogP contribution in [-0.2, 0) is 46.5 Å². The smallest absolute Gasteiger partial charge is 0.410 e. The number of hydrogen-bond donors (Lipinski definition) is 3. The molecule has 7 amide bonds. The third-order valence-corrected chi connectivity index (χ3v) is 14.3. The van der Waals surface area contributed by atoms with E-state index >= 15 is 4.79 Å². The molecule has 15 heteroatoms. The first-order valence-electron chi connectivity index (χ1n) is 22.7. The lowest BCUT2D eigenvalue weighted by molar-refractivity contribution is -0.153. The van der Waals surface area contributed by atoms with Crippen LogP contribution >= 0.6 is 0 Å². The Bertz CT molecular complexity index is 1890. The highest BCUT2D eigenvalue weighted by molar-refractivity contribution is 6.36. The lowest BCUT2D eigenvalue weighted by Gasteiger charge is -2.43. The number of benzene rings is 1. The molecule has 3 aliphatic heterocycles. The maximum atomic E-state index is 15.2. The van der Waals surface area contributed by atoms with Gasteiger partial charge < -0.3 is 30.9 Å². The lowest BCUT2D eigenvalue weighted by Crippen LogP contribution is -2.63. The molecule has 2 saturated heterocycles. The van der Waals surface area contributed by atoms with E-state index in [0.717, 1.165) is 49.7 Å². The SMILES string of the molecule is CC1(C)CC(=O)N(C[C@@H](NC(=O)N[C@H](C(=O)N2C[C@H](OC(=O)N3CCc4ccccc4C3)C[C@H]2C(=O)CC(CC2CCC2)C(=O)C(N)=O)C2(C)CCCCC2)C(C)(C)C)C(=O)C1. The molecule has 0 radical (unpaired) electrons. The summed E-state index contributed by atoms with van der Waals surface area (Å²) < 4.78 is 6.07. The summed E-state index contributed by atoms with van der Waals surface area (Å²) in [6.45, 7) is 12.1. The Labute approximate surface area is 365 Å². The molecule has 0 aromatic heterocycles. The van der Waals surface area contributed by atoms with Gasteiger partial charge in [0, 0.05) is 51.2 Å². The van der Waals surface area contributed by atoms with Gasteiger partial charge in [0.25, 0.3) is 5.91 Å². The number of urea groups is 1. The van der Waals surface area contributed by atoms with Gasteiger partial charge in [-0.1, -0.05) is 104 Å². The zero-order valence-electron chi connectivity index (χ0n) is 37.6. The van der Waals surface area contributed by atoms with Crippen molar-refractivity contribution in [1.29, 1.82) is 0 Å². The molecule has 5 atom stereocenters. The van der Waals surface area contributed by atoms with Crippen molar-refractivity contribution in [2.75, 3.05) is 19.6 Å². The van der Waals surface area contributed by atoms with Crippen LogP contribution in [0.2, 0.25) is 0 Å². The van der Waals surface area contributed by atoms with Crippen molar-refractivity contribution in [1.82, 2.24) is 25.3 Å². The topological polar surface area (TPSA) is 206 Å². The second kappa shape index (κ2) is 18.9. The fourth-order valence-corrected chi connectivity index (χ4v) is 10.1. The largest absolute Gasteiger partial charge is 0.444 e. The van der Waals surface area contributed by atoms with Crippen molar-refractivity contribution in [3.8, 4) is 0 Å². The minimum absolute atomic E-state index is 0.0158. The van der Waals surface area contributed by atoms with E-state index in [-0.39, 0.29) is 56.5 Å². The molecule has 6 rings (SSSR count). The van der Waals surface area contributed by atoms with Crippen molar-refractivity contribution in [2.45, 2.75) is 162 Å². The van der Waals surface area contributed by atoms with Gasteiger partial charge in [0.15, 0.2) is 5.78 Å². The summed E-state index contributed by atoms with van der Waals surface area (Å²) >= 11 is 0. The number of carbonyl (C=O) groups is 8. The van der Waals surface area contributed by atoms with E-state index < -0.39 is 81.9 Å². The first-order valence-corrected chi connectivity index (χ1v) is 22.7. The van der Waals surface area contributed by atoms with Crippen molar-refractivity contribution in [3.63, 3.8) is 0 Å². The van der Waals surface area contributed by atoms with Crippen LogP contribution in [0.3, 0.4) is 0 Å². The van der Waals surface area contributed by atoms with Gasteiger partial charge in [0.1, 0.15) is 12.1 Å². The number of piperidine rings is 1. The van der Waals surface area contributed by atoms with Crippen LogP contribution in [-0.4, -0.2) is 106 Å². The molecule has 62 heavy (non-hydrogen) atoms. The highest BCUT2D eigenvalue weighted by Gasteiger charge is 2.50. The molecule has 1 unspecified atom stereocenters. The van der Waals surface area contributed by atoms with E-state index in [4.69, 9.17) is 10.5 Å². The summed E-state index contributed by atoms with van der Waals surface area (Å²) in [5, 5.41) is 6.00. The number of nitrogens with one attached hydrogen (secondary N) is 2. The number of primary amides is 1. The van der Waals surface area contributed by atoms with Gasteiger partial charge in [-0.3, -0.25) is 33.7 Å². The van der Waals surface area contributed by atoms with Gasteiger partial charge in [0.05, 0.1) is 18.6 Å². The van der Waals surface area contributed by atoms with E-state index in [1.807, 2.05) is 65.8 Å². The Morgan fingerprint density at radius 3 is 2.15 bits per heavy atom. The van der Waals surface area contributed by atoms with Crippen molar-refractivity contribution >= 4 is 47.3 Å². The van der Waals surface area contributed by atoms with Crippen LogP contribution in [0.5, 0.6) is 0 Å². The number of imide groups is 1. The summed E-state index contributed by atoms with van der Waals surface area (Å²) in [6, 6.07) is 4.35. The highest BCUT2D eigenvalue weighted by Crippen LogP contribution is 2.41. The molecule has 340 valence electrons. The molecule has 0 bridgehead atoms. The van der Waals surface area contributed by atoms with Gasteiger partial charge in [-0.2, -0.15) is 0 Å². The second-order valence-electron chi connectivity index (χ2n) is 20.9. The van der Waals surface area contributed by atoms with Crippen LogP contribution in [0.15, 0.2) is 24.3 Å². The molecular formula is C47H68N6O9. The molecule has 5 aliphatic rings. The highest BCUT2D eigenvalue weighted by atomic mass is 16.6. The fourth-order valence-electron chi connectivity index (χ4n) is 10.1. The lowest BCUT2D eigenvalue weighted by atomic mass is 9.70. The van der Waals surface area contributed by atoms with Crippen LogP contribution in [0, 0.1) is 28.1 Å². The number of rotatable bonds is 14. The van der Waals surface area contributed by atoms with Gasteiger partial charge in [0.2, 0.25) is 23.5 Å². The molecule has 15 nitrogen and oxygen atoms in total. The molecule has 4 fully saturated rings. The maximum Gasteiger partial charge on any atom is 0.410 e. The Kier molecular flexibility index (Phi) is 14.2. The molecule has 3 heterocycles. The summed E-state index contributed by atoms with van der Waals surface area (Å²) in [5.74, 6) is -4.23. The number of fused-ring (bicyclic) bond motifs is 1.